The zero-order valence-corrected chi connectivity index (χ0v) is 19.7. The largest absolute Gasteiger partial charge is 0.503 e. The molecule has 4 N–H and O–H groups in total. The molecule has 0 aliphatic heterocycles. The summed E-state index contributed by atoms with van der Waals surface area (Å²) in [6.07, 6.45) is 0.978. The van der Waals surface area contributed by atoms with Crippen LogP contribution in [0.4, 0.5) is 32.0 Å². The summed E-state index contributed by atoms with van der Waals surface area (Å²) in [6, 6.07) is 5.44. The maximum absolute atomic E-state index is 13.9. The Hall–Kier alpha value is -4.03. The number of hydrogen-bond acceptors (Lipinski definition) is 5. The Morgan fingerprint density at radius 2 is 1.84 bits per heavy atom. The van der Waals surface area contributed by atoms with Gasteiger partial charge in [-0.25, -0.2) is 8.78 Å². The van der Waals surface area contributed by atoms with Crippen LogP contribution in [0.2, 0.25) is 0 Å². The third kappa shape index (κ3) is 5.76. The molecule has 7 nitrogen and oxygen atoms in total. The van der Waals surface area contributed by atoms with Crippen molar-refractivity contribution in [1.82, 2.24) is 15.1 Å². The van der Waals surface area contributed by atoms with E-state index < -0.39 is 46.4 Å². The first-order chi connectivity index (χ1) is 18.0. The van der Waals surface area contributed by atoms with Gasteiger partial charge in [0.2, 0.25) is 5.82 Å². The van der Waals surface area contributed by atoms with E-state index in [1.165, 1.54) is 0 Å². The molecule has 3 aromatic rings. The fourth-order valence-electron chi connectivity index (χ4n) is 4.37. The molecule has 1 aliphatic carbocycles. The number of nitrogens with one attached hydrogen (secondary N) is 3. The molecule has 4 rings (SSSR count). The van der Waals surface area contributed by atoms with E-state index in [1.807, 2.05) is 6.20 Å². The molecule has 38 heavy (non-hydrogen) atoms. The zero-order chi connectivity index (χ0) is 27.6. The van der Waals surface area contributed by atoms with Crippen LogP contribution in [0.15, 0.2) is 42.2 Å². The maximum atomic E-state index is 13.9. The van der Waals surface area contributed by atoms with Crippen LogP contribution in [-0.4, -0.2) is 39.7 Å². The molecule has 202 valence electrons. The van der Waals surface area contributed by atoms with Gasteiger partial charge in [0.05, 0.1) is 22.7 Å². The lowest BCUT2D eigenvalue weighted by Gasteiger charge is -2.28. The Morgan fingerprint density at radius 1 is 1.13 bits per heavy atom. The summed E-state index contributed by atoms with van der Waals surface area (Å²) in [6.45, 7) is 0.175. The minimum absolute atomic E-state index is 0.0503. The lowest BCUT2D eigenvalue weighted by atomic mass is 9.86. The molecule has 0 spiro atoms. The van der Waals surface area contributed by atoms with Crippen LogP contribution in [-0.2, 0) is 0 Å². The number of carbonyl (C=O) groups excluding carboxylic acids is 1. The van der Waals surface area contributed by atoms with Crippen LogP contribution in [0.5, 0.6) is 5.75 Å². The van der Waals surface area contributed by atoms with E-state index >= 15 is 0 Å². The van der Waals surface area contributed by atoms with Gasteiger partial charge in [-0.1, -0.05) is 0 Å². The fourth-order valence-corrected chi connectivity index (χ4v) is 4.37. The summed E-state index contributed by atoms with van der Waals surface area (Å²) in [5, 5.41) is 26.4. The second-order valence-electron chi connectivity index (χ2n) is 9.04. The van der Waals surface area contributed by atoms with Crippen molar-refractivity contribution in [2.45, 2.75) is 37.9 Å². The standard InChI is InChI=1S/C25H23F6N5O2/c26-19-8-18(21(27)22(28)23(19)37)24(38)34-10-13-1-5-17(6-2-13)36-12-14-3-4-16(7-20(14)35-36)33-11-15(9-32)25(29,30)31/h3-4,7-9,11-13,17,32-33,37H,1-2,5-6,10H2,(H,34,38)/b15-11+,32-9?. The highest BCUT2D eigenvalue weighted by molar-refractivity contribution is 5.94. The van der Waals surface area contributed by atoms with Gasteiger partial charge >= 0.3 is 6.18 Å². The summed E-state index contributed by atoms with van der Waals surface area (Å²) in [4.78, 5) is 12.2. The third-order valence-corrected chi connectivity index (χ3v) is 6.52. The second kappa shape index (κ2) is 10.8. The highest BCUT2D eigenvalue weighted by Crippen LogP contribution is 2.33. The molecule has 0 radical (unpaired) electrons. The monoisotopic (exact) mass is 539 g/mol. The number of allylic oxidation sites excluding steroid dienone is 1. The van der Waals surface area contributed by atoms with Gasteiger partial charge in [-0.05, 0) is 55.9 Å². The van der Waals surface area contributed by atoms with E-state index in [-0.39, 0.29) is 24.7 Å². The number of phenols is 1. The third-order valence-electron chi connectivity index (χ3n) is 6.52. The van der Waals surface area contributed by atoms with Crippen LogP contribution >= 0.6 is 0 Å². The number of anilines is 1. The van der Waals surface area contributed by atoms with Crippen molar-refractivity contribution in [3.8, 4) is 5.75 Å². The summed E-state index contributed by atoms with van der Waals surface area (Å²) >= 11 is 0. The van der Waals surface area contributed by atoms with Crippen LogP contribution in [0.25, 0.3) is 10.9 Å². The number of aromatic nitrogens is 2. The van der Waals surface area contributed by atoms with E-state index in [0.29, 0.717) is 49.2 Å². The molecule has 13 heteroatoms. The van der Waals surface area contributed by atoms with Crippen molar-refractivity contribution in [2.75, 3.05) is 11.9 Å². The first-order valence-electron chi connectivity index (χ1n) is 11.7. The predicted octanol–water partition coefficient (Wildman–Crippen LogP) is 5.83. The van der Waals surface area contributed by atoms with E-state index in [2.05, 4.69) is 15.7 Å². The molecular weight excluding hydrogens is 516 g/mol. The van der Waals surface area contributed by atoms with Gasteiger partial charge in [0.25, 0.3) is 5.91 Å². The SMILES string of the molecule is N=C/C(=C\Nc1ccc2cn(C3CCC(CNC(=O)c4cc(F)c(O)c(F)c4F)CC3)nc2c1)C(F)(F)F. The maximum Gasteiger partial charge on any atom is 0.419 e. The number of hydrogen-bond donors (Lipinski definition) is 4. The van der Waals surface area contributed by atoms with Gasteiger partial charge in [0.1, 0.15) is 0 Å². The second-order valence-corrected chi connectivity index (χ2v) is 9.04. The predicted molar refractivity (Wildman–Crippen MR) is 128 cm³/mol. The number of rotatable bonds is 7. The quantitative estimate of drug-likeness (QED) is 0.172. The molecule has 0 unspecified atom stereocenters. The van der Waals surface area contributed by atoms with Crippen molar-refractivity contribution in [3.05, 3.63) is 65.3 Å². The summed E-state index contributed by atoms with van der Waals surface area (Å²) in [5.74, 6) is -7.29. The van der Waals surface area contributed by atoms with Crippen molar-refractivity contribution < 1.29 is 36.2 Å². The van der Waals surface area contributed by atoms with E-state index in [0.717, 1.165) is 5.39 Å². The molecule has 0 saturated heterocycles. The number of aromatic hydroxyl groups is 1. The fraction of sp³-hybridized carbons (Fsp3) is 0.320. The van der Waals surface area contributed by atoms with Crippen molar-refractivity contribution in [3.63, 3.8) is 0 Å². The minimum atomic E-state index is -4.64. The van der Waals surface area contributed by atoms with Gasteiger partial charge in [-0.2, -0.15) is 22.7 Å². The number of halogens is 6. The molecule has 1 fully saturated rings. The number of nitrogens with zero attached hydrogens (tertiary/aromatic N) is 2. The molecule has 1 saturated carbocycles. The molecule has 1 heterocycles. The van der Waals surface area contributed by atoms with E-state index in [4.69, 9.17) is 10.5 Å². The Morgan fingerprint density at radius 3 is 2.50 bits per heavy atom. The Bertz CT molecular complexity index is 1390. The van der Waals surface area contributed by atoms with Crippen LogP contribution in [0.3, 0.4) is 0 Å². The van der Waals surface area contributed by atoms with Crippen LogP contribution in [0, 0.1) is 28.8 Å². The van der Waals surface area contributed by atoms with E-state index in [1.54, 1.807) is 22.9 Å². The van der Waals surface area contributed by atoms with Gasteiger partial charge in [0.15, 0.2) is 17.4 Å². The van der Waals surface area contributed by atoms with Crippen molar-refractivity contribution >= 4 is 28.7 Å². The van der Waals surface area contributed by atoms with Gasteiger partial charge < -0.3 is 21.1 Å². The molecule has 1 aromatic heterocycles. The highest BCUT2D eigenvalue weighted by Gasteiger charge is 2.32. The minimum Gasteiger partial charge on any atom is -0.503 e. The summed E-state index contributed by atoms with van der Waals surface area (Å²) in [5.41, 5.74) is -0.984. The Balaban J connectivity index is 1.34. The number of amides is 1. The first kappa shape index (κ1) is 27.0. The zero-order valence-electron chi connectivity index (χ0n) is 19.7. The number of phenolic OH excluding ortho intramolecular Hbond substituents is 1. The topological polar surface area (TPSA) is 103 Å². The summed E-state index contributed by atoms with van der Waals surface area (Å²) < 4.78 is 81.1. The average molecular weight is 539 g/mol. The number of benzene rings is 2. The summed E-state index contributed by atoms with van der Waals surface area (Å²) in [7, 11) is 0. The van der Waals surface area contributed by atoms with Crippen molar-refractivity contribution in [1.29, 1.82) is 5.41 Å². The smallest absolute Gasteiger partial charge is 0.419 e. The van der Waals surface area contributed by atoms with Gasteiger partial charge in [0, 0.05) is 36.2 Å². The van der Waals surface area contributed by atoms with E-state index in [9.17, 15) is 31.1 Å². The highest BCUT2D eigenvalue weighted by atomic mass is 19.4. The van der Waals surface area contributed by atoms with Crippen LogP contribution in [0.1, 0.15) is 42.1 Å². The van der Waals surface area contributed by atoms with Gasteiger partial charge in [-0.15, -0.1) is 0 Å². The molecule has 1 aliphatic rings. The van der Waals surface area contributed by atoms with Crippen LogP contribution < -0.4 is 10.6 Å². The lowest BCUT2D eigenvalue weighted by molar-refractivity contribution is -0.0857. The molecule has 1 amide bonds. The Labute approximate surface area is 212 Å². The normalized spacial score (nSPS) is 18.4. The van der Waals surface area contributed by atoms with Crippen molar-refractivity contribution in [2.24, 2.45) is 5.92 Å². The molecular formula is C25H23F6N5O2. The number of fused-ring (bicyclic) bond motifs is 1. The molecule has 0 atom stereocenters. The lowest BCUT2D eigenvalue weighted by Crippen LogP contribution is -2.32. The number of carbonyl (C=O) groups is 1. The molecule has 0 bridgehead atoms. The van der Waals surface area contributed by atoms with Gasteiger partial charge in [-0.3, -0.25) is 9.48 Å². The average Bonchev–Trinajstić information content (AvgIpc) is 3.31. The first-order valence-corrected chi connectivity index (χ1v) is 11.7. The molecule has 2 aromatic carbocycles. The Kier molecular flexibility index (Phi) is 7.65. The number of alkyl halides is 3.